The monoisotopic (exact) mass is 1030 g/mol. The van der Waals surface area contributed by atoms with Gasteiger partial charge in [0.15, 0.2) is 0 Å². The van der Waals surface area contributed by atoms with Crippen LogP contribution in [0.2, 0.25) is 0 Å². The van der Waals surface area contributed by atoms with E-state index in [0.717, 1.165) is 116 Å². The fraction of sp³-hybridized carbons (Fsp3) is 0.955. The second-order valence-corrected chi connectivity index (χ2v) is 23.0. The Labute approximate surface area is 458 Å². The minimum atomic E-state index is 0. The molecule has 0 aromatic carbocycles. The molecule has 73 heavy (non-hydrogen) atoms. The van der Waals surface area contributed by atoms with Crippen LogP contribution in [-0.4, -0.2) is 74.1 Å². The summed E-state index contributed by atoms with van der Waals surface area (Å²) in [5.41, 5.74) is 0. The molecule has 1 amide bonds. The minimum Gasteiger partial charge on any atom is -0.465 e. The van der Waals surface area contributed by atoms with Crippen LogP contribution >= 0.6 is 0 Å². The molecule has 0 saturated heterocycles. The average molecular weight is 1030 g/mol. The quantitative estimate of drug-likeness (QED) is 0.0446. The van der Waals surface area contributed by atoms with E-state index < -0.39 is 0 Å². The molecule has 0 aromatic heterocycles. The highest BCUT2D eigenvalue weighted by Crippen LogP contribution is 2.25. The van der Waals surface area contributed by atoms with Crippen molar-refractivity contribution < 1.29 is 23.9 Å². The number of ether oxygens (including phenoxy) is 2. The van der Waals surface area contributed by atoms with Gasteiger partial charge >= 0.3 is 11.9 Å². The van der Waals surface area contributed by atoms with Crippen molar-refractivity contribution in [2.45, 2.75) is 356 Å². The number of hydrogen-bond donors (Lipinski definition) is 0. The van der Waals surface area contributed by atoms with E-state index in [2.05, 4.69) is 58.5 Å². The van der Waals surface area contributed by atoms with Crippen LogP contribution in [0.5, 0.6) is 0 Å². The van der Waals surface area contributed by atoms with E-state index >= 15 is 0 Å². The Morgan fingerprint density at radius 2 is 0.603 bits per heavy atom. The van der Waals surface area contributed by atoms with Gasteiger partial charge in [0.25, 0.3) is 0 Å². The largest absolute Gasteiger partial charge is 0.465 e. The van der Waals surface area contributed by atoms with Crippen molar-refractivity contribution in [3.05, 3.63) is 0 Å². The molecule has 0 spiro atoms. The van der Waals surface area contributed by atoms with Gasteiger partial charge in [0.05, 0.1) is 25.0 Å². The van der Waals surface area contributed by atoms with E-state index in [-0.39, 0.29) is 31.2 Å². The summed E-state index contributed by atoms with van der Waals surface area (Å²) in [6, 6.07) is 0.345. The Bertz CT molecular complexity index is 1080. The van der Waals surface area contributed by atoms with Gasteiger partial charge in [0, 0.05) is 19.0 Å². The first-order chi connectivity index (χ1) is 35.2. The van der Waals surface area contributed by atoms with Gasteiger partial charge in [-0.1, -0.05) is 280 Å². The van der Waals surface area contributed by atoms with Gasteiger partial charge < -0.3 is 19.3 Å². The van der Waals surface area contributed by atoms with Crippen LogP contribution < -0.4 is 0 Å². The van der Waals surface area contributed by atoms with Crippen LogP contribution in [0, 0.1) is 11.8 Å². The van der Waals surface area contributed by atoms with Crippen molar-refractivity contribution in [3.63, 3.8) is 0 Å². The standard InChI is InChI=1S/C65H128N2O5.CH4/c1-8-13-18-23-32-41-51-60(49-39-21-16-11-4)64(69)71-58-46-37-30-26-28-34-43-53-62(67(57-48-56-66(6)7)63(68)55-45-36-25-20-15-10-3)54-44-35-29-27-31-38-47-59-72-65(70)61(50-40-22-17-12-5)52-42-33-24-19-14-9-2;/h60-62H,8-59H2,1-7H3;1H4. The van der Waals surface area contributed by atoms with Crippen LogP contribution in [0.3, 0.4) is 0 Å². The molecular formula is C66H132N2O5. The molecule has 0 N–H and O–H groups in total. The molecule has 0 heterocycles. The zero-order chi connectivity index (χ0) is 52.8. The number of unbranched alkanes of at least 4 members (excludes halogenated alkanes) is 33. The predicted molar refractivity (Wildman–Crippen MR) is 320 cm³/mol. The van der Waals surface area contributed by atoms with E-state index in [1.165, 1.54) is 199 Å². The molecule has 7 heteroatoms. The molecule has 436 valence electrons. The molecule has 0 aliphatic rings. The highest BCUT2D eigenvalue weighted by Gasteiger charge is 2.24. The molecule has 7 nitrogen and oxygen atoms in total. The lowest BCUT2D eigenvalue weighted by molar-refractivity contribution is -0.150. The molecule has 0 fully saturated rings. The highest BCUT2D eigenvalue weighted by molar-refractivity contribution is 5.76. The molecule has 0 aliphatic heterocycles. The van der Waals surface area contributed by atoms with Gasteiger partial charge in [0.2, 0.25) is 5.91 Å². The first-order valence-corrected chi connectivity index (χ1v) is 32.5. The normalized spacial score (nSPS) is 12.7. The third-order valence-corrected chi connectivity index (χ3v) is 15.7. The third kappa shape index (κ3) is 48.5. The maximum absolute atomic E-state index is 14.0. The summed E-state index contributed by atoms with van der Waals surface area (Å²) in [5.74, 6) is 0.713. The lowest BCUT2D eigenvalue weighted by atomic mass is 9.94. The average Bonchev–Trinajstić information content (AvgIpc) is 3.37. The fourth-order valence-corrected chi connectivity index (χ4v) is 10.8. The molecular weight excluding hydrogens is 901 g/mol. The Morgan fingerprint density at radius 3 is 0.932 bits per heavy atom. The summed E-state index contributed by atoms with van der Waals surface area (Å²) >= 11 is 0. The summed E-state index contributed by atoms with van der Waals surface area (Å²) in [6.07, 6.45) is 56.7. The molecule has 0 radical (unpaired) electrons. The Balaban J connectivity index is 0. The minimum absolute atomic E-state index is 0. The molecule has 2 atom stereocenters. The van der Waals surface area contributed by atoms with Gasteiger partial charge in [-0.25, -0.2) is 0 Å². The molecule has 0 bridgehead atoms. The Morgan fingerprint density at radius 1 is 0.329 bits per heavy atom. The summed E-state index contributed by atoms with van der Waals surface area (Å²) in [6.45, 7) is 14.4. The first kappa shape index (κ1) is 73.4. The third-order valence-electron chi connectivity index (χ3n) is 15.7. The second kappa shape index (κ2) is 58.1. The lowest BCUT2D eigenvalue weighted by Crippen LogP contribution is -2.41. The van der Waals surface area contributed by atoms with Gasteiger partial charge in [0.1, 0.15) is 0 Å². The number of amides is 1. The SMILES string of the molecule is C.CCCCCCCCC(=O)N(CCCN(C)C)C(CCCCCCCCCOC(=O)C(CCCCCC)CCCCCCCC)CCCCCCCCCOC(=O)C(CCCCCC)CCCCCCCC. The number of carbonyl (C=O) groups is 3. The van der Waals surface area contributed by atoms with Crippen molar-refractivity contribution >= 4 is 17.8 Å². The Hall–Kier alpha value is -1.63. The first-order valence-electron chi connectivity index (χ1n) is 32.5. The van der Waals surface area contributed by atoms with Crippen molar-refractivity contribution in [3.8, 4) is 0 Å². The number of esters is 2. The van der Waals surface area contributed by atoms with Crippen LogP contribution in [0.1, 0.15) is 350 Å². The number of nitrogens with zero attached hydrogens (tertiary/aromatic N) is 2. The smallest absolute Gasteiger partial charge is 0.308 e. The summed E-state index contributed by atoms with van der Waals surface area (Å²) in [4.78, 5) is 44.8. The maximum Gasteiger partial charge on any atom is 0.308 e. The van der Waals surface area contributed by atoms with E-state index in [9.17, 15) is 14.4 Å². The number of hydrogen-bond acceptors (Lipinski definition) is 6. The van der Waals surface area contributed by atoms with E-state index in [1.807, 2.05) is 0 Å². The Kier molecular flexibility index (Phi) is 58.4. The molecule has 0 aliphatic carbocycles. The van der Waals surface area contributed by atoms with Gasteiger partial charge in [-0.05, 0) is 84.8 Å². The molecule has 0 aromatic rings. The van der Waals surface area contributed by atoms with E-state index in [4.69, 9.17) is 9.47 Å². The van der Waals surface area contributed by atoms with Crippen molar-refractivity contribution in [2.24, 2.45) is 11.8 Å². The number of rotatable bonds is 58. The van der Waals surface area contributed by atoms with Crippen molar-refractivity contribution in [2.75, 3.05) is 40.4 Å². The lowest BCUT2D eigenvalue weighted by Gasteiger charge is -2.33. The summed E-state index contributed by atoms with van der Waals surface area (Å²) < 4.78 is 11.8. The number of carbonyl (C=O) groups excluding carboxylic acids is 3. The van der Waals surface area contributed by atoms with Crippen molar-refractivity contribution in [1.82, 2.24) is 9.80 Å². The second-order valence-electron chi connectivity index (χ2n) is 23.0. The molecule has 0 rings (SSSR count). The van der Waals surface area contributed by atoms with Gasteiger partial charge in [-0.15, -0.1) is 0 Å². The zero-order valence-corrected chi connectivity index (χ0v) is 49.9. The summed E-state index contributed by atoms with van der Waals surface area (Å²) in [7, 11) is 4.29. The van der Waals surface area contributed by atoms with Crippen LogP contribution in [0.4, 0.5) is 0 Å². The summed E-state index contributed by atoms with van der Waals surface area (Å²) in [5, 5.41) is 0. The van der Waals surface area contributed by atoms with E-state index in [0.29, 0.717) is 31.6 Å². The van der Waals surface area contributed by atoms with Crippen LogP contribution in [-0.2, 0) is 23.9 Å². The predicted octanol–water partition coefficient (Wildman–Crippen LogP) is 20.5. The molecule has 2 unspecified atom stereocenters. The molecule has 0 saturated carbocycles. The topological polar surface area (TPSA) is 76.2 Å². The van der Waals surface area contributed by atoms with E-state index in [1.54, 1.807) is 0 Å². The zero-order valence-electron chi connectivity index (χ0n) is 49.9. The van der Waals surface area contributed by atoms with Crippen molar-refractivity contribution in [1.29, 1.82) is 0 Å². The van der Waals surface area contributed by atoms with Crippen LogP contribution in [0.25, 0.3) is 0 Å². The van der Waals surface area contributed by atoms with Gasteiger partial charge in [-0.3, -0.25) is 14.4 Å². The fourth-order valence-electron chi connectivity index (χ4n) is 10.8. The van der Waals surface area contributed by atoms with Crippen LogP contribution in [0.15, 0.2) is 0 Å². The maximum atomic E-state index is 14.0. The highest BCUT2D eigenvalue weighted by atomic mass is 16.5. The van der Waals surface area contributed by atoms with Gasteiger partial charge in [-0.2, -0.15) is 0 Å².